The number of aryl methyl sites for hydroxylation is 2. The summed E-state index contributed by atoms with van der Waals surface area (Å²) in [4.78, 5) is 11.9. The Morgan fingerprint density at radius 3 is 2.59 bits per heavy atom. The van der Waals surface area contributed by atoms with Gasteiger partial charge in [-0.1, -0.05) is 74.4 Å². The molecule has 4 aromatic rings. The monoisotopic (exact) mass is 517 g/mol. The molecule has 0 radical (unpaired) electrons. The number of carboxylic acid groups (broad SMARTS) is 1. The van der Waals surface area contributed by atoms with E-state index in [1.54, 1.807) is 6.07 Å². The summed E-state index contributed by atoms with van der Waals surface area (Å²) in [7, 11) is 0. The van der Waals surface area contributed by atoms with Crippen LogP contribution >= 0.6 is 0 Å². The summed E-state index contributed by atoms with van der Waals surface area (Å²) >= 11 is 0. The number of ether oxygens (including phenoxy) is 1. The van der Waals surface area contributed by atoms with E-state index in [2.05, 4.69) is 61.4 Å². The first-order valence-corrected chi connectivity index (χ1v) is 14.0. The van der Waals surface area contributed by atoms with Gasteiger partial charge in [0.2, 0.25) is 0 Å². The number of benzene rings is 3. The topological polar surface area (TPSA) is 51.5 Å². The maximum Gasteiger partial charge on any atom is 0.335 e. The molecule has 4 nitrogen and oxygen atoms in total. The maximum atomic E-state index is 11.9. The molecule has 0 saturated heterocycles. The van der Waals surface area contributed by atoms with Gasteiger partial charge in [-0.3, -0.25) is 0 Å². The minimum Gasteiger partial charge on any atom is -0.490 e. The van der Waals surface area contributed by atoms with E-state index < -0.39 is 5.97 Å². The number of nitrogens with zero attached hydrogens (tertiary/aromatic N) is 1. The molecule has 3 aromatic carbocycles. The second-order valence-electron chi connectivity index (χ2n) is 11.0. The third kappa shape index (κ3) is 4.48. The summed E-state index contributed by atoms with van der Waals surface area (Å²) in [5.41, 5.74) is 10.5. The lowest BCUT2D eigenvalue weighted by atomic mass is 9.81. The molecule has 0 unspecified atom stereocenters. The Morgan fingerprint density at radius 1 is 1.03 bits per heavy atom. The number of aromatic nitrogens is 1. The fraction of sp³-hybridized carbons (Fsp3) is 0.286. The Morgan fingerprint density at radius 2 is 1.82 bits per heavy atom. The molecule has 0 spiro atoms. The molecule has 0 atom stereocenters. The molecular formula is C35H35NO3. The van der Waals surface area contributed by atoms with Gasteiger partial charge in [-0.25, -0.2) is 4.79 Å². The van der Waals surface area contributed by atoms with Crippen molar-refractivity contribution in [2.24, 2.45) is 0 Å². The lowest BCUT2D eigenvalue weighted by molar-refractivity contribution is 0.0697. The van der Waals surface area contributed by atoms with E-state index in [1.807, 2.05) is 24.3 Å². The van der Waals surface area contributed by atoms with Crippen molar-refractivity contribution in [3.05, 3.63) is 101 Å². The SMILES string of the molecule is C=C(/C=C\c1c(C)ccc2c1OCCn1c-2c(C2CCCCC2)c2ccc(C(=O)O)cc21)c1ccccc1C. The maximum absolute atomic E-state index is 11.9. The minimum atomic E-state index is -0.895. The van der Waals surface area contributed by atoms with Crippen LogP contribution in [0.3, 0.4) is 0 Å². The number of fused-ring (bicyclic) bond motifs is 5. The zero-order chi connectivity index (χ0) is 27.1. The summed E-state index contributed by atoms with van der Waals surface area (Å²) in [5.74, 6) is 0.468. The smallest absolute Gasteiger partial charge is 0.335 e. The normalized spacial score (nSPS) is 15.5. The van der Waals surface area contributed by atoms with Crippen LogP contribution in [0.25, 0.3) is 33.8 Å². The fourth-order valence-corrected chi connectivity index (χ4v) is 6.53. The van der Waals surface area contributed by atoms with Crippen molar-refractivity contribution in [1.29, 1.82) is 0 Å². The van der Waals surface area contributed by atoms with Crippen LogP contribution < -0.4 is 4.74 Å². The van der Waals surface area contributed by atoms with Crippen molar-refractivity contribution < 1.29 is 14.6 Å². The highest BCUT2D eigenvalue weighted by Gasteiger charge is 2.30. The van der Waals surface area contributed by atoms with Crippen LogP contribution in [0.1, 0.15) is 76.2 Å². The second-order valence-corrected chi connectivity index (χ2v) is 11.0. The third-order valence-corrected chi connectivity index (χ3v) is 8.54. The van der Waals surface area contributed by atoms with Crippen LogP contribution in [0.15, 0.2) is 67.3 Å². The molecule has 2 aliphatic rings. The Hall–Kier alpha value is -4.05. The van der Waals surface area contributed by atoms with Crippen molar-refractivity contribution in [3.8, 4) is 17.0 Å². The molecule has 4 heteroatoms. The molecule has 0 amide bonds. The Kier molecular flexibility index (Phi) is 6.64. The van der Waals surface area contributed by atoms with Gasteiger partial charge in [0, 0.05) is 22.0 Å². The highest BCUT2D eigenvalue weighted by Crippen LogP contribution is 2.48. The Bertz CT molecular complexity index is 1630. The van der Waals surface area contributed by atoms with Crippen molar-refractivity contribution in [2.75, 3.05) is 6.61 Å². The van der Waals surface area contributed by atoms with Gasteiger partial charge in [-0.05, 0) is 78.6 Å². The predicted molar refractivity (Wildman–Crippen MR) is 160 cm³/mol. The summed E-state index contributed by atoms with van der Waals surface area (Å²) < 4.78 is 8.83. The molecule has 1 N–H and O–H groups in total. The van der Waals surface area contributed by atoms with Crippen molar-refractivity contribution in [3.63, 3.8) is 0 Å². The Balaban J connectivity index is 1.54. The van der Waals surface area contributed by atoms with E-state index in [0.29, 0.717) is 24.6 Å². The van der Waals surface area contributed by atoms with Crippen LogP contribution in [-0.4, -0.2) is 22.2 Å². The van der Waals surface area contributed by atoms with Crippen molar-refractivity contribution in [1.82, 2.24) is 4.57 Å². The molecule has 2 heterocycles. The van der Waals surface area contributed by atoms with Crippen LogP contribution in [0.5, 0.6) is 5.75 Å². The number of allylic oxidation sites excluding steroid dienone is 2. The number of hydrogen-bond donors (Lipinski definition) is 1. The zero-order valence-corrected chi connectivity index (χ0v) is 22.8. The van der Waals surface area contributed by atoms with E-state index >= 15 is 0 Å². The van der Waals surface area contributed by atoms with E-state index in [9.17, 15) is 9.90 Å². The van der Waals surface area contributed by atoms with E-state index in [0.717, 1.165) is 51.9 Å². The van der Waals surface area contributed by atoms with Gasteiger partial charge in [0.05, 0.1) is 17.8 Å². The van der Waals surface area contributed by atoms with E-state index in [1.165, 1.54) is 41.5 Å². The number of rotatable bonds is 5. The average Bonchev–Trinajstić information content (AvgIpc) is 3.14. The fourth-order valence-electron chi connectivity index (χ4n) is 6.53. The molecule has 1 aliphatic carbocycles. The van der Waals surface area contributed by atoms with Gasteiger partial charge in [0.1, 0.15) is 12.4 Å². The number of carbonyl (C=O) groups is 1. The van der Waals surface area contributed by atoms with Crippen LogP contribution in [0.4, 0.5) is 0 Å². The molecular weight excluding hydrogens is 482 g/mol. The quantitative estimate of drug-likeness (QED) is 0.269. The lowest BCUT2D eigenvalue weighted by Crippen LogP contribution is -2.07. The summed E-state index contributed by atoms with van der Waals surface area (Å²) in [5, 5.41) is 10.9. The first-order chi connectivity index (χ1) is 18.9. The first-order valence-electron chi connectivity index (χ1n) is 14.0. The first kappa shape index (κ1) is 25.2. The molecule has 0 bridgehead atoms. The van der Waals surface area contributed by atoms with Crippen LogP contribution in [-0.2, 0) is 6.54 Å². The number of carboxylic acids is 1. The highest BCUT2D eigenvalue weighted by atomic mass is 16.5. The zero-order valence-electron chi connectivity index (χ0n) is 22.8. The number of aromatic carboxylic acids is 1. The summed E-state index contributed by atoms with van der Waals surface area (Å²) in [6.07, 6.45) is 10.3. The predicted octanol–water partition coefficient (Wildman–Crippen LogP) is 8.79. The molecule has 1 aromatic heterocycles. The van der Waals surface area contributed by atoms with Crippen molar-refractivity contribution >= 4 is 28.5 Å². The minimum absolute atomic E-state index is 0.325. The summed E-state index contributed by atoms with van der Waals surface area (Å²) in [6.45, 7) is 9.78. The highest BCUT2D eigenvalue weighted by molar-refractivity contribution is 5.99. The number of hydrogen-bond acceptors (Lipinski definition) is 2. The van der Waals surface area contributed by atoms with Gasteiger partial charge in [-0.15, -0.1) is 0 Å². The van der Waals surface area contributed by atoms with E-state index in [-0.39, 0.29) is 0 Å². The van der Waals surface area contributed by atoms with Gasteiger partial charge in [0.15, 0.2) is 0 Å². The van der Waals surface area contributed by atoms with Crippen LogP contribution in [0, 0.1) is 13.8 Å². The average molecular weight is 518 g/mol. The standard InChI is InChI=1S/C35H35NO3/c1-22-9-7-8-12-27(22)23(2)13-16-28-24(3)14-17-30-33-32(25-10-5-4-6-11-25)29-18-15-26(35(37)38)21-31(29)36(33)19-20-39-34(28)30/h7-9,12-18,21,25H,2,4-6,10-11,19-20H2,1,3H3,(H,37,38)/b16-13-. The van der Waals surface area contributed by atoms with Gasteiger partial charge in [-0.2, -0.15) is 0 Å². The molecule has 1 fully saturated rings. The molecule has 6 rings (SSSR count). The van der Waals surface area contributed by atoms with Crippen molar-refractivity contribution in [2.45, 2.75) is 58.4 Å². The largest absolute Gasteiger partial charge is 0.490 e. The second kappa shape index (κ2) is 10.3. The molecule has 39 heavy (non-hydrogen) atoms. The van der Waals surface area contributed by atoms with Gasteiger partial charge >= 0.3 is 5.97 Å². The van der Waals surface area contributed by atoms with Gasteiger partial charge < -0.3 is 14.4 Å². The molecule has 1 saturated carbocycles. The molecule has 198 valence electrons. The molecule has 1 aliphatic heterocycles. The summed E-state index contributed by atoms with van der Waals surface area (Å²) in [6, 6.07) is 18.3. The Labute approximate surface area is 230 Å². The third-order valence-electron chi connectivity index (χ3n) is 8.54. The van der Waals surface area contributed by atoms with E-state index in [4.69, 9.17) is 4.74 Å². The van der Waals surface area contributed by atoms with Crippen LogP contribution in [0.2, 0.25) is 0 Å². The lowest BCUT2D eigenvalue weighted by Gasteiger charge is -2.24. The van der Waals surface area contributed by atoms with Gasteiger partial charge in [0.25, 0.3) is 0 Å².